The molecule has 1 aromatic carbocycles. The Hall–Kier alpha value is -2.19. The van der Waals surface area contributed by atoms with Gasteiger partial charge < -0.3 is 9.80 Å². The van der Waals surface area contributed by atoms with Crippen molar-refractivity contribution in [2.45, 2.75) is 32.0 Å². The molecule has 2 saturated heterocycles. The fraction of sp³-hybridized carbons (Fsp3) is 0.560. The van der Waals surface area contributed by atoms with Gasteiger partial charge in [-0.3, -0.25) is 0 Å². The highest BCUT2D eigenvalue weighted by atomic mass is 35.5. The van der Waals surface area contributed by atoms with Crippen LogP contribution < -0.4 is 9.62 Å². The summed E-state index contributed by atoms with van der Waals surface area (Å²) in [6, 6.07) is 4.18. The highest BCUT2D eigenvalue weighted by Gasteiger charge is 2.40. The molecule has 2 fully saturated rings. The van der Waals surface area contributed by atoms with Crippen LogP contribution in [0.5, 0.6) is 0 Å². The molecule has 0 spiro atoms. The van der Waals surface area contributed by atoms with E-state index in [9.17, 15) is 21.6 Å². The highest BCUT2D eigenvalue weighted by molar-refractivity contribution is 7.88. The van der Waals surface area contributed by atoms with Crippen LogP contribution in [-0.2, 0) is 16.2 Å². The Labute approximate surface area is 240 Å². The van der Waals surface area contributed by atoms with Crippen molar-refractivity contribution in [2.75, 3.05) is 50.4 Å². The molecule has 2 atom stereocenters. The number of benzene rings is 1. The standard InChI is InChI=1S/C25H30Cl2F3N7O2S/c1-15(19-6-5-18(26)10-20(19)27)37-24-22(23(34-37)25(28,29)30)31-11-21(33-24)36-13-17(14-36)16-4-3-8-35(12-16)9-7-32-40(2,38)39/h5-6,10-11,15-17,32H,3-4,7-9,12-14H2,1-2H3/t15?,16-/m1/s1. The topological polar surface area (TPSA) is 96.3 Å². The predicted molar refractivity (Wildman–Crippen MR) is 148 cm³/mol. The molecule has 0 amide bonds. The smallest absolute Gasteiger partial charge is 0.355 e. The lowest BCUT2D eigenvalue weighted by molar-refractivity contribution is -0.140. The van der Waals surface area contributed by atoms with Crippen LogP contribution in [0.4, 0.5) is 19.0 Å². The van der Waals surface area contributed by atoms with Crippen LogP contribution in [0.1, 0.15) is 37.1 Å². The number of anilines is 1. The average molecular weight is 621 g/mol. The quantitative estimate of drug-likeness (QED) is 0.398. The molecule has 1 unspecified atom stereocenters. The largest absolute Gasteiger partial charge is 0.437 e. The van der Waals surface area contributed by atoms with Crippen LogP contribution in [-0.4, -0.2) is 78.6 Å². The molecule has 1 N–H and O–H groups in total. The number of piperidine rings is 1. The Kier molecular flexibility index (Phi) is 8.23. The van der Waals surface area contributed by atoms with E-state index in [1.54, 1.807) is 19.1 Å². The zero-order chi connectivity index (χ0) is 28.8. The van der Waals surface area contributed by atoms with E-state index in [-0.39, 0.29) is 11.2 Å². The average Bonchev–Trinajstić information content (AvgIpc) is 3.22. The van der Waals surface area contributed by atoms with Crippen molar-refractivity contribution in [2.24, 2.45) is 11.8 Å². The molecule has 2 aliphatic heterocycles. The molecule has 2 aliphatic rings. The zero-order valence-corrected chi connectivity index (χ0v) is 24.3. The minimum atomic E-state index is -4.70. The molecule has 2 aromatic heterocycles. The van der Waals surface area contributed by atoms with Crippen molar-refractivity contribution in [1.82, 2.24) is 29.4 Å². The van der Waals surface area contributed by atoms with Crippen molar-refractivity contribution in [1.29, 1.82) is 0 Å². The Morgan fingerprint density at radius 2 is 1.93 bits per heavy atom. The number of sulfonamides is 1. The first-order valence-corrected chi connectivity index (χ1v) is 15.6. The van der Waals surface area contributed by atoms with E-state index in [1.807, 2.05) is 4.90 Å². The van der Waals surface area contributed by atoms with Crippen LogP contribution in [0.3, 0.4) is 0 Å². The fourth-order valence-corrected chi connectivity index (χ4v) is 6.58. The molecule has 218 valence electrons. The molecule has 5 rings (SSSR count). The minimum absolute atomic E-state index is 0.0361. The molecule has 0 saturated carbocycles. The molecule has 9 nitrogen and oxygen atoms in total. The molecule has 3 aromatic rings. The summed E-state index contributed by atoms with van der Waals surface area (Å²) < 4.78 is 68.0. The van der Waals surface area contributed by atoms with Crippen molar-refractivity contribution >= 4 is 50.2 Å². The first-order valence-electron chi connectivity index (χ1n) is 13.0. The Bertz CT molecular complexity index is 1500. The lowest BCUT2D eigenvalue weighted by Gasteiger charge is -2.47. The normalized spacial score (nSPS) is 20.2. The molecular formula is C25H30Cl2F3N7O2S. The highest BCUT2D eigenvalue weighted by Crippen LogP contribution is 2.38. The maximum atomic E-state index is 13.9. The van der Waals surface area contributed by atoms with Gasteiger partial charge in [-0.05, 0) is 55.8 Å². The second kappa shape index (κ2) is 11.2. The maximum Gasteiger partial charge on any atom is 0.437 e. The lowest BCUT2D eigenvalue weighted by Crippen LogP contribution is -2.54. The van der Waals surface area contributed by atoms with Gasteiger partial charge in [-0.25, -0.2) is 27.8 Å². The van der Waals surface area contributed by atoms with E-state index in [2.05, 4.69) is 24.7 Å². The van der Waals surface area contributed by atoms with Gasteiger partial charge in [-0.15, -0.1) is 0 Å². The minimum Gasteiger partial charge on any atom is -0.355 e. The summed E-state index contributed by atoms with van der Waals surface area (Å²) in [6.45, 7) is 6.00. The SMILES string of the molecule is CC(c1ccc(Cl)cc1Cl)n1nc(C(F)(F)F)c2ncc(N3CC([C@@H]4CCCN(CCNS(C)(=O)=O)C4)C3)nc21. The third-order valence-corrected chi connectivity index (χ3v) is 8.96. The van der Waals surface area contributed by atoms with Crippen LogP contribution in [0.2, 0.25) is 10.0 Å². The first kappa shape index (κ1) is 29.3. The van der Waals surface area contributed by atoms with Crippen LogP contribution in [0.25, 0.3) is 11.2 Å². The van der Waals surface area contributed by atoms with Gasteiger partial charge >= 0.3 is 6.18 Å². The summed E-state index contributed by atoms with van der Waals surface area (Å²) >= 11 is 12.4. The van der Waals surface area contributed by atoms with E-state index in [0.29, 0.717) is 46.4 Å². The molecule has 15 heteroatoms. The summed E-state index contributed by atoms with van der Waals surface area (Å²) in [5, 5.41) is 4.63. The second-order valence-corrected chi connectivity index (χ2v) is 13.2. The van der Waals surface area contributed by atoms with Crippen molar-refractivity contribution in [3.8, 4) is 0 Å². The van der Waals surface area contributed by atoms with Gasteiger partial charge in [0.25, 0.3) is 0 Å². The van der Waals surface area contributed by atoms with Crippen LogP contribution in [0, 0.1) is 11.8 Å². The van der Waals surface area contributed by atoms with E-state index in [4.69, 9.17) is 23.2 Å². The Balaban J connectivity index is 1.33. The number of hydrogen-bond donors (Lipinski definition) is 1. The number of fused-ring (bicyclic) bond motifs is 1. The van der Waals surface area contributed by atoms with E-state index >= 15 is 0 Å². The van der Waals surface area contributed by atoms with Gasteiger partial charge in [-0.1, -0.05) is 29.3 Å². The third-order valence-electron chi connectivity index (χ3n) is 7.67. The van der Waals surface area contributed by atoms with Gasteiger partial charge in [0.2, 0.25) is 10.0 Å². The summed E-state index contributed by atoms with van der Waals surface area (Å²) in [7, 11) is -3.21. The number of nitrogens with one attached hydrogen (secondary N) is 1. The summed E-state index contributed by atoms with van der Waals surface area (Å²) in [4.78, 5) is 13.1. The van der Waals surface area contributed by atoms with Gasteiger partial charge in [-0.2, -0.15) is 18.3 Å². The molecule has 4 heterocycles. The van der Waals surface area contributed by atoms with Crippen molar-refractivity contribution < 1.29 is 21.6 Å². The number of hydrogen-bond acceptors (Lipinski definition) is 7. The summed E-state index contributed by atoms with van der Waals surface area (Å²) in [5.41, 5.74) is -0.800. The fourth-order valence-electron chi connectivity index (χ4n) is 5.55. The van der Waals surface area contributed by atoms with Crippen molar-refractivity contribution in [3.05, 3.63) is 45.7 Å². The van der Waals surface area contributed by atoms with E-state index in [1.165, 1.54) is 16.9 Å². The second-order valence-electron chi connectivity index (χ2n) is 10.6. The van der Waals surface area contributed by atoms with Crippen molar-refractivity contribution in [3.63, 3.8) is 0 Å². The summed E-state index contributed by atoms with van der Waals surface area (Å²) in [5.74, 6) is 1.36. The number of alkyl halides is 3. The lowest BCUT2D eigenvalue weighted by atomic mass is 9.80. The van der Waals surface area contributed by atoms with Crippen LogP contribution in [0.15, 0.2) is 24.4 Å². The zero-order valence-electron chi connectivity index (χ0n) is 22.0. The van der Waals surface area contributed by atoms with Gasteiger partial charge in [0, 0.05) is 42.8 Å². The maximum absolute atomic E-state index is 13.9. The molecule has 0 bridgehead atoms. The van der Waals surface area contributed by atoms with E-state index in [0.717, 1.165) is 45.3 Å². The van der Waals surface area contributed by atoms with Gasteiger partial charge in [0.1, 0.15) is 11.3 Å². The third kappa shape index (κ3) is 6.33. The monoisotopic (exact) mass is 619 g/mol. The number of rotatable bonds is 8. The van der Waals surface area contributed by atoms with E-state index < -0.39 is 27.9 Å². The molecule has 0 aliphatic carbocycles. The molecular weight excluding hydrogens is 590 g/mol. The first-order chi connectivity index (χ1) is 18.8. The Morgan fingerprint density at radius 3 is 2.60 bits per heavy atom. The number of aromatic nitrogens is 4. The predicted octanol–water partition coefficient (Wildman–Crippen LogP) is 4.46. The van der Waals surface area contributed by atoms with Crippen LogP contribution >= 0.6 is 23.2 Å². The van der Waals surface area contributed by atoms with Gasteiger partial charge in [0.15, 0.2) is 11.3 Å². The number of halogens is 5. The number of likely N-dealkylation sites (tertiary alicyclic amines) is 1. The molecule has 0 radical (unpaired) electrons. The molecule has 40 heavy (non-hydrogen) atoms. The Morgan fingerprint density at radius 1 is 1.18 bits per heavy atom. The van der Waals surface area contributed by atoms with Gasteiger partial charge in [0.05, 0.1) is 18.5 Å². The summed E-state index contributed by atoms with van der Waals surface area (Å²) in [6.07, 6.45) is -0.0469. The number of nitrogens with zero attached hydrogens (tertiary/aromatic N) is 6.